The lowest BCUT2D eigenvalue weighted by Gasteiger charge is -2.36. The van der Waals surface area contributed by atoms with E-state index in [4.69, 9.17) is 4.74 Å². The van der Waals surface area contributed by atoms with Crippen LogP contribution >= 0.6 is 0 Å². The zero-order valence-corrected chi connectivity index (χ0v) is 10.1. The Morgan fingerprint density at radius 1 is 1.47 bits per heavy atom. The molecule has 0 amide bonds. The number of carbonyl (C=O) groups is 1. The monoisotopic (exact) mass is 214 g/mol. The highest BCUT2D eigenvalue weighted by molar-refractivity contribution is 5.72. The molecule has 1 N–H and O–H groups in total. The van der Waals surface area contributed by atoms with Gasteiger partial charge >= 0.3 is 5.97 Å². The molecule has 1 heterocycles. The average molecular weight is 214 g/mol. The molecule has 1 fully saturated rings. The highest BCUT2D eigenvalue weighted by Crippen LogP contribution is 2.08. The van der Waals surface area contributed by atoms with Crippen molar-refractivity contribution >= 4 is 5.97 Å². The summed E-state index contributed by atoms with van der Waals surface area (Å²) < 4.78 is 4.73. The van der Waals surface area contributed by atoms with Crippen LogP contribution in [0.5, 0.6) is 0 Å². The number of piperazine rings is 1. The first-order valence-corrected chi connectivity index (χ1v) is 5.59. The summed E-state index contributed by atoms with van der Waals surface area (Å²) in [4.78, 5) is 13.6. The summed E-state index contributed by atoms with van der Waals surface area (Å²) in [6.07, 6.45) is 0. The molecule has 3 unspecified atom stereocenters. The lowest BCUT2D eigenvalue weighted by atomic mass is 10.1. The predicted octanol–water partition coefficient (Wildman–Crippen LogP) is 0.478. The third kappa shape index (κ3) is 3.80. The van der Waals surface area contributed by atoms with Gasteiger partial charge in [-0.15, -0.1) is 0 Å². The third-order valence-electron chi connectivity index (χ3n) is 2.77. The van der Waals surface area contributed by atoms with E-state index in [9.17, 15) is 4.79 Å². The van der Waals surface area contributed by atoms with Crippen molar-refractivity contribution in [3.8, 4) is 0 Å². The normalized spacial score (nSPS) is 29.9. The molecule has 0 aliphatic carbocycles. The molecule has 1 rings (SSSR count). The highest BCUT2D eigenvalue weighted by atomic mass is 16.5. The lowest BCUT2D eigenvalue weighted by molar-refractivity contribution is -0.145. The van der Waals surface area contributed by atoms with Gasteiger partial charge in [-0.3, -0.25) is 9.69 Å². The van der Waals surface area contributed by atoms with Crippen LogP contribution < -0.4 is 5.32 Å². The zero-order chi connectivity index (χ0) is 11.4. The molecule has 0 spiro atoms. The van der Waals surface area contributed by atoms with Crippen LogP contribution in [0, 0.1) is 5.92 Å². The number of hydrogen-bond donors (Lipinski definition) is 1. The molecule has 4 heteroatoms. The predicted molar refractivity (Wildman–Crippen MR) is 59.7 cm³/mol. The molecule has 1 aliphatic heterocycles. The first kappa shape index (κ1) is 12.5. The van der Waals surface area contributed by atoms with Crippen LogP contribution in [0.2, 0.25) is 0 Å². The van der Waals surface area contributed by atoms with E-state index < -0.39 is 0 Å². The fourth-order valence-electron chi connectivity index (χ4n) is 2.25. The van der Waals surface area contributed by atoms with Gasteiger partial charge in [0.25, 0.3) is 0 Å². The number of nitrogens with one attached hydrogen (secondary N) is 1. The Hall–Kier alpha value is -0.610. The van der Waals surface area contributed by atoms with Gasteiger partial charge in [-0.25, -0.2) is 0 Å². The van der Waals surface area contributed by atoms with Crippen molar-refractivity contribution in [3.63, 3.8) is 0 Å². The third-order valence-corrected chi connectivity index (χ3v) is 2.77. The molecule has 1 saturated heterocycles. The lowest BCUT2D eigenvalue weighted by Crippen LogP contribution is -2.55. The zero-order valence-electron chi connectivity index (χ0n) is 10.1. The average Bonchev–Trinajstić information content (AvgIpc) is 2.14. The summed E-state index contributed by atoms with van der Waals surface area (Å²) in [5, 5.41) is 3.47. The Kier molecular flexibility index (Phi) is 4.54. The number of esters is 1. The van der Waals surface area contributed by atoms with Gasteiger partial charge in [0.05, 0.1) is 13.0 Å². The summed E-state index contributed by atoms with van der Waals surface area (Å²) in [5.41, 5.74) is 0. The Morgan fingerprint density at radius 3 is 2.47 bits per heavy atom. The second kappa shape index (κ2) is 5.47. The standard InChI is InChI=1S/C11H22N2O2/c1-8(11(14)15-4)5-13-6-9(2)12-10(3)7-13/h8-10,12H,5-7H2,1-4H3. The van der Waals surface area contributed by atoms with E-state index in [0.29, 0.717) is 12.1 Å². The molecule has 0 aromatic rings. The molecule has 0 radical (unpaired) electrons. The largest absolute Gasteiger partial charge is 0.469 e. The number of hydrogen-bond acceptors (Lipinski definition) is 4. The van der Waals surface area contributed by atoms with E-state index in [1.54, 1.807) is 0 Å². The Balaban J connectivity index is 2.40. The van der Waals surface area contributed by atoms with Crippen LogP contribution in [0.25, 0.3) is 0 Å². The summed E-state index contributed by atoms with van der Waals surface area (Å²) in [7, 11) is 1.45. The molecular formula is C11H22N2O2. The fourth-order valence-corrected chi connectivity index (χ4v) is 2.25. The van der Waals surface area contributed by atoms with Gasteiger partial charge < -0.3 is 10.1 Å². The van der Waals surface area contributed by atoms with Crippen molar-refractivity contribution in [2.75, 3.05) is 26.7 Å². The molecule has 88 valence electrons. The topological polar surface area (TPSA) is 41.6 Å². The van der Waals surface area contributed by atoms with Gasteiger partial charge in [0.2, 0.25) is 0 Å². The first-order valence-electron chi connectivity index (χ1n) is 5.59. The Morgan fingerprint density at radius 2 is 2.00 bits per heavy atom. The minimum atomic E-state index is -0.117. The summed E-state index contributed by atoms with van der Waals surface area (Å²) in [6.45, 7) is 9.07. The molecule has 1 aliphatic rings. The van der Waals surface area contributed by atoms with Gasteiger partial charge in [0, 0.05) is 31.7 Å². The van der Waals surface area contributed by atoms with Crippen molar-refractivity contribution < 1.29 is 9.53 Å². The van der Waals surface area contributed by atoms with Crippen LogP contribution in [-0.4, -0.2) is 49.7 Å². The van der Waals surface area contributed by atoms with E-state index in [2.05, 4.69) is 24.1 Å². The van der Waals surface area contributed by atoms with Gasteiger partial charge in [0.1, 0.15) is 0 Å². The maximum absolute atomic E-state index is 11.3. The maximum atomic E-state index is 11.3. The van der Waals surface area contributed by atoms with Crippen LogP contribution in [-0.2, 0) is 9.53 Å². The van der Waals surface area contributed by atoms with Crippen LogP contribution in [0.1, 0.15) is 20.8 Å². The number of carbonyl (C=O) groups excluding carboxylic acids is 1. The van der Waals surface area contributed by atoms with Gasteiger partial charge in [0.15, 0.2) is 0 Å². The molecule has 4 nitrogen and oxygen atoms in total. The summed E-state index contributed by atoms with van der Waals surface area (Å²) in [6, 6.07) is 0.997. The van der Waals surface area contributed by atoms with E-state index in [1.165, 1.54) is 7.11 Å². The van der Waals surface area contributed by atoms with Gasteiger partial charge in [-0.05, 0) is 13.8 Å². The SMILES string of the molecule is COC(=O)C(C)CN1CC(C)NC(C)C1. The van der Waals surface area contributed by atoms with E-state index >= 15 is 0 Å². The smallest absolute Gasteiger partial charge is 0.309 e. The second-order valence-corrected chi connectivity index (χ2v) is 4.61. The molecule has 0 bridgehead atoms. The minimum absolute atomic E-state index is 0.0347. The second-order valence-electron chi connectivity index (χ2n) is 4.61. The van der Waals surface area contributed by atoms with Crippen molar-refractivity contribution in [2.45, 2.75) is 32.9 Å². The van der Waals surface area contributed by atoms with Crippen molar-refractivity contribution in [1.29, 1.82) is 0 Å². The minimum Gasteiger partial charge on any atom is -0.469 e. The van der Waals surface area contributed by atoms with Crippen LogP contribution in [0.15, 0.2) is 0 Å². The summed E-state index contributed by atoms with van der Waals surface area (Å²) in [5.74, 6) is -0.152. The molecular weight excluding hydrogens is 192 g/mol. The van der Waals surface area contributed by atoms with E-state index in [0.717, 1.165) is 19.6 Å². The Bertz CT molecular complexity index is 211. The van der Waals surface area contributed by atoms with Gasteiger partial charge in [-0.2, -0.15) is 0 Å². The highest BCUT2D eigenvalue weighted by Gasteiger charge is 2.24. The number of ether oxygens (including phenoxy) is 1. The number of rotatable bonds is 3. The van der Waals surface area contributed by atoms with E-state index in [-0.39, 0.29) is 11.9 Å². The van der Waals surface area contributed by atoms with Crippen molar-refractivity contribution in [3.05, 3.63) is 0 Å². The molecule has 15 heavy (non-hydrogen) atoms. The molecule has 3 atom stereocenters. The fraction of sp³-hybridized carbons (Fsp3) is 0.909. The first-order chi connectivity index (χ1) is 7.02. The van der Waals surface area contributed by atoms with Gasteiger partial charge in [-0.1, -0.05) is 6.92 Å². The van der Waals surface area contributed by atoms with E-state index in [1.807, 2.05) is 6.92 Å². The van der Waals surface area contributed by atoms with Crippen molar-refractivity contribution in [1.82, 2.24) is 10.2 Å². The van der Waals surface area contributed by atoms with Crippen LogP contribution in [0.3, 0.4) is 0 Å². The maximum Gasteiger partial charge on any atom is 0.309 e. The molecule has 0 saturated carbocycles. The van der Waals surface area contributed by atoms with Crippen molar-refractivity contribution in [2.24, 2.45) is 5.92 Å². The Labute approximate surface area is 92.0 Å². The quantitative estimate of drug-likeness (QED) is 0.694. The molecule has 0 aromatic heterocycles. The van der Waals surface area contributed by atoms with Crippen LogP contribution in [0.4, 0.5) is 0 Å². The number of methoxy groups -OCH3 is 1. The summed E-state index contributed by atoms with van der Waals surface area (Å²) >= 11 is 0. The molecule has 0 aromatic carbocycles. The number of nitrogens with zero attached hydrogens (tertiary/aromatic N) is 1.